The smallest absolute Gasteiger partial charge is 0.262 e. The van der Waals surface area contributed by atoms with Crippen molar-refractivity contribution in [2.24, 2.45) is 0 Å². The highest BCUT2D eigenvalue weighted by Gasteiger charge is 2.26. The van der Waals surface area contributed by atoms with Crippen molar-refractivity contribution in [3.63, 3.8) is 0 Å². The van der Waals surface area contributed by atoms with E-state index in [2.05, 4.69) is 11.9 Å². The van der Waals surface area contributed by atoms with Crippen LogP contribution in [0.25, 0.3) is 0 Å². The zero-order chi connectivity index (χ0) is 22.4. The minimum Gasteiger partial charge on any atom is -0.506 e. The van der Waals surface area contributed by atoms with Gasteiger partial charge in [-0.2, -0.15) is 0 Å². The van der Waals surface area contributed by atoms with Gasteiger partial charge in [-0.05, 0) is 37.0 Å². The molecule has 3 rings (SSSR count). The maximum atomic E-state index is 12.4. The molecule has 0 saturated heterocycles. The Bertz CT molecular complexity index is 848. The molecule has 2 N–H and O–H groups in total. The van der Waals surface area contributed by atoms with Crippen LogP contribution in [0, 0.1) is 0 Å². The molecule has 1 aliphatic heterocycles. The Morgan fingerprint density at radius 2 is 1.97 bits per heavy atom. The third kappa shape index (κ3) is 5.57. The van der Waals surface area contributed by atoms with Crippen LogP contribution in [0.1, 0.15) is 44.6 Å². The second kappa shape index (κ2) is 10.3. The van der Waals surface area contributed by atoms with Crippen LogP contribution >= 0.6 is 0 Å². The molecule has 1 saturated carbocycles. The van der Waals surface area contributed by atoms with Gasteiger partial charge in [-0.1, -0.05) is 31.9 Å². The monoisotopic (exact) mass is 429 g/mol. The van der Waals surface area contributed by atoms with E-state index in [1.807, 2.05) is 4.90 Å². The van der Waals surface area contributed by atoms with Crippen molar-refractivity contribution in [2.75, 3.05) is 31.6 Å². The molecular weight excluding hydrogens is 398 g/mol. The first-order valence-electron chi connectivity index (χ1n) is 10.9. The summed E-state index contributed by atoms with van der Waals surface area (Å²) in [4.78, 5) is 39.8. The van der Waals surface area contributed by atoms with Crippen LogP contribution in [-0.2, 0) is 20.8 Å². The molecule has 1 aromatic rings. The number of nitrogens with one attached hydrogen (secondary N) is 1. The average molecular weight is 430 g/mol. The second-order valence-corrected chi connectivity index (χ2v) is 8.07. The number of carbonyl (C=O) groups excluding carboxylic acids is 3. The zero-order valence-electron chi connectivity index (χ0n) is 18.1. The number of phenolic OH excluding ortho intramolecular Hbond substituents is 1. The van der Waals surface area contributed by atoms with Gasteiger partial charge in [0.15, 0.2) is 12.4 Å². The molecule has 1 aliphatic carbocycles. The highest BCUT2D eigenvalue weighted by Crippen LogP contribution is 2.39. The molecule has 2 aliphatic rings. The Morgan fingerprint density at radius 1 is 1.23 bits per heavy atom. The third-order valence-corrected chi connectivity index (χ3v) is 6.01. The SMILES string of the molecule is C=CC(=O)N(CCN(CCc1ccc(O)c2c1OCC(=O)N2)C(C)=O)C1CCCCC1. The molecule has 0 unspecified atom stereocenters. The molecule has 0 spiro atoms. The molecule has 0 aromatic heterocycles. The molecule has 31 heavy (non-hydrogen) atoms. The van der Waals surface area contributed by atoms with E-state index in [0.29, 0.717) is 31.8 Å². The Kier molecular flexibility index (Phi) is 7.55. The summed E-state index contributed by atoms with van der Waals surface area (Å²) >= 11 is 0. The van der Waals surface area contributed by atoms with E-state index in [1.54, 1.807) is 11.0 Å². The van der Waals surface area contributed by atoms with Gasteiger partial charge in [-0.15, -0.1) is 0 Å². The van der Waals surface area contributed by atoms with Gasteiger partial charge in [-0.25, -0.2) is 0 Å². The van der Waals surface area contributed by atoms with Crippen molar-refractivity contribution < 1.29 is 24.2 Å². The molecule has 0 bridgehead atoms. The molecule has 1 heterocycles. The summed E-state index contributed by atoms with van der Waals surface area (Å²) in [6.45, 7) is 6.37. The molecule has 1 fully saturated rings. The van der Waals surface area contributed by atoms with Gasteiger partial charge in [-0.3, -0.25) is 14.4 Å². The van der Waals surface area contributed by atoms with E-state index in [0.717, 1.165) is 31.2 Å². The first-order valence-corrected chi connectivity index (χ1v) is 10.9. The maximum Gasteiger partial charge on any atom is 0.262 e. The zero-order valence-corrected chi connectivity index (χ0v) is 18.1. The van der Waals surface area contributed by atoms with Gasteiger partial charge in [0, 0.05) is 32.6 Å². The number of fused-ring (bicyclic) bond motifs is 1. The Hall–Kier alpha value is -3.03. The predicted molar refractivity (Wildman–Crippen MR) is 117 cm³/mol. The van der Waals surface area contributed by atoms with Crippen molar-refractivity contribution in [3.8, 4) is 11.5 Å². The average Bonchev–Trinajstić information content (AvgIpc) is 2.77. The molecule has 0 radical (unpaired) electrons. The molecule has 0 atom stereocenters. The minimum atomic E-state index is -0.319. The quantitative estimate of drug-likeness (QED) is 0.489. The van der Waals surface area contributed by atoms with Crippen LogP contribution in [0.15, 0.2) is 24.8 Å². The third-order valence-electron chi connectivity index (χ3n) is 6.01. The van der Waals surface area contributed by atoms with Crippen LogP contribution < -0.4 is 10.1 Å². The summed E-state index contributed by atoms with van der Waals surface area (Å²) in [7, 11) is 0. The van der Waals surface area contributed by atoms with Crippen LogP contribution in [0.3, 0.4) is 0 Å². The molecule has 1 aromatic carbocycles. The largest absolute Gasteiger partial charge is 0.506 e. The Balaban J connectivity index is 1.66. The van der Waals surface area contributed by atoms with Crippen LogP contribution in [0.5, 0.6) is 11.5 Å². The standard InChI is InChI=1S/C23H31N3O5/c1-3-21(30)26(18-7-5-4-6-8-18)14-13-25(16(2)27)12-11-17-9-10-19(28)22-23(17)31-15-20(29)24-22/h3,9-10,18,28H,1,4-8,11-15H2,2H3,(H,24,29). The lowest BCUT2D eigenvalue weighted by atomic mass is 9.94. The van der Waals surface area contributed by atoms with E-state index in [4.69, 9.17) is 4.74 Å². The van der Waals surface area contributed by atoms with Crippen molar-refractivity contribution in [1.29, 1.82) is 0 Å². The Labute approximate surface area is 182 Å². The lowest BCUT2D eigenvalue weighted by molar-refractivity contribution is -0.133. The molecule has 168 valence electrons. The fourth-order valence-corrected chi connectivity index (χ4v) is 4.30. The fraction of sp³-hybridized carbons (Fsp3) is 0.522. The number of hydrogen-bond acceptors (Lipinski definition) is 5. The van der Waals surface area contributed by atoms with Gasteiger partial charge in [0.05, 0.1) is 0 Å². The van der Waals surface area contributed by atoms with Crippen molar-refractivity contribution in [1.82, 2.24) is 9.80 Å². The number of benzene rings is 1. The van der Waals surface area contributed by atoms with Gasteiger partial charge in [0.25, 0.3) is 5.91 Å². The van der Waals surface area contributed by atoms with E-state index in [-0.39, 0.29) is 41.8 Å². The summed E-state index contributed by atoms with van der Waals surface area (Å²) in [6, 6.07) is 3.45. The number of hydrogen-bond donors (Lipinski definition) is 2. The van der Waals surface area contributed by atoms with Gasteiger partial charge >= 0.3 is 0 Å². The lowest BCUT2D eigenvalue weighted by Crippen LogP contribution is -2.46. The molecule has 8 heteroatoms. The number of aromatic hydroxyl groups is 1. The summed E-state index contributed by atoms with van der Waals surface area (Å²) in [5, 5.41) is 12.6. The predicted octanol–water partition coefficient (Wildman–Crippen LogP) is 2.46. The topological polar surface area (TPSA) is 99.2 Å². The number of rotatable bonds is 8. The number of phenols is 1. The van der Waals surface area contributed by atoms with Crippen LogP contribution in [0.4, 0.5) is 5.69 Å². The molecule has 3 amide bonds. The minimum absolute atomic E-state index is 0.0544. The lowest BCUT2D eigenvalue weighted by Gasteiger charge is -2.35. The van der Waals surface area contributed by atoms with Crippen molar-refractivity contribution in [3.05, 3.63) is 30.4 Å². The highest BCUT2D eigenvalue weighted by molar-refractivity contribution is 5.97. The van der Waals surface area contributed by atoms with E-state index < -0.39 is 0 Å². The first kappa shape index (κ1) is 22.7. The summed E-state index contributed by atoms with van der Waals surface area (Å²) < 4.78 is 5.52. The van der Waals surface area contributed by atoms with E-state index in [9.17, 15) is 19.5 Å². The molecular formula is C23H31N3O5. The number of carbonyl (C=O) groups is 3. The Morgan fingerprint density at radius 3 is 2.65 bits per heavy atom. The van der Waals surface area contributed by atoms with Gasteiger partial charge in [0.1, 0.15) is 11.4 Å². The van der Waals surface area contributed by atoms with E-state index in [1.165, 1.54) is 25.5 Å². The second-order valence-electron chi connectivity index (χ2n) is 8.07. The summed E-state index contributed by atoms with van der Waals surface area (Å²) in [5.74, 6) is -0.0984. The fourth-order valence-electron chi connectivity index (χ4n) is 4.30. The number of amides is 3. The first-order chi connectivity index (χ1) is 14.9. The molecule has 8 nitrogen and oxygen atoms in total. The summed E-state index contributed by atoms with van der Waals surface area (Å²) in [6.07, 6.45) is 7.25. The van der Waals surface area contributed by atoms with Crippen LogP contribution in [-0.4, -0.2) is 64.9 Å². The summed E-state index contributed by atoms with van der Waals surface area (Å²) in [5.41, 5.74) is 1.06. The van der Waals surface area contributed by atoms with Gasteiger partial charge < -0.3 is 25.0 Å². The van der Waals surface area contributed by atoms with Gasteiger partial charge in [0.2, 0.25) is 11.8 Å². The van der Waals surface area contributed by atoms with Crippen molar-refractivity contribution >= 4 is 23.4 Å². The number of nitrogens with zero attached hydrogens (tertiary/aromatic N) is 2. The maximum absolute atomic E-state index is 12.4. The number of anilines is 1. The van der Waals surface area contributed by atoms with Crippen molar-refractivity contribution in [2.45, 2.75) is 51.5 Å². The number of ether oxygens (including phenoxy) is 1. The van der Waals surface area contributed by atoms with E-state index >= 15 is 0 Å². The normalized spacial score (nSPS) is 16.0. The van der Waals surface area contributed by atoms with Crippen LogP contribution in [0.2, 0.25) is 0 Å². The highest BCUT2D eigenvalue weighted by atomic mass is 16.5.